The first-order chi connectivity index (χ1) is 5.86. The molecule has 1 unspecified atom stereocenters. The Morgan fingerprint density at radius 2 is 2.17 bits per heavy atom. The highest BCUT2D eigenvalue weighted by atomic mass is 32.1. The molecule has 0 saturated carbocycles. The normalized spacial score (nSPS) is 27.0. The Labute approximate surface area is 81.9 Å². The van der Waals surface area contributed by atoms with Crippen LogP contribution in [0.25, 0.3) is 0 Å². The molecule has 0 aliphatic carbocycles. The van der Waals surface area contributed by atoms with Crippen LogP contribution in [0.5, 0.6) is 0 Å². The number of hydrogen-bond acceptors (Lipinski definition) is 2. The predicted molar refractivity (Wildman–Crippen MR) is 57.9 cm³/mol. The molecular weight excluding hydrogens is 166 g/mol. The molecule has 0 aromatic heterocycles. The second kappa shape index (κ2) is 5.87. The van der Waals surface area contributed by atoms with E-state index in [0.717, 1.165) is 11.7 Å². The van der Waals surface area contributed by atoms with Crippen molar-refractivity contribution in [2.45, 2.75) is 32.6 Å². The fraction of sp³-hybridized carbons (Fsp3) is 1.00. The lowest BCUT2D eigenvalue weighted by Crippen LogP contribution is -2.26. The Morgan fingerprint density at radius 1 is 1.33 bits per heavy atom. The number of likely N-dealkylation sites (tertiary alicyclic amines) is 1. The first-order valence-electron chi connectivity index (χ1n) is 5.20. The topological polar surface area (TPSA) is 3.24 Å². The van der Waals surface area contributed by atoms with Crippen molar-refractivity contribution in [3.8, 4) is 0 Å². The lowest BCUT2D eigenvalue weighted by molar-refractivity contribution is 0.297. The van der Waals surface area contributed by atoms with Crippen LogP contribution in [0.1, 0.15) is 32.6 Å². The van der Waals surface area contributed by atoms with Crippen molar-refractivity contribution in [1.29, 1.82) is 0 Å². The summed E-state index contributed by atoms with van der Waals surface area (Å²) in [6, 6.07) is 0. The third-order valence-electron chi connectivity index (χ3n) is 2.93. The maximum absolute atomic E-state index is 4.27. The van der Waals surface area contributed by atoms with E-state index in [1.54, 1.807) is 0 Å². The second-order valence-corrected chi connectivity index (χ2v) is 4.22. The van der Waals surface area contributed by atoms with Gasteiger partial charge in [-0.3, -0.25) is 0 Å². The van der Waals surface area contributed by atoms with Gasteiger partial charge >= 0.3 is 0 Å². The molecule has 1 atom stereocenters. The summed E-state index contributed by atoms with van der Waals surface area (Å²) in [4.78, 5) is 2.56. The summed E-state index contributed by atoms with van der Waals surface area (Å²) in [5, 5.41) is 0. The fourth-order valence-electron chi connectivity index (χ4n) is 2.00. The molecule has 1 heterocycles. The summed E-state index contributed by atoms with van der Waals surface area (Å²) < 4.78 is 0. The third kappa shape index (κ3) is 3.36. The first kappa shape index (κ1) is 10.4. The highest BCUT2D eigenvalue weighted by Gasteiger charge is 2.14. The molecule has 0 aromatic rings. The van der Waals surface area contributed by atoms with Crippen molar-refractivity contribution in [2.24, 2.45) is 5.92 Å². The van der Waals surface area contributed by atoms with E-state index in [0.29, 0.717) is 0 Å². The Morgan fingerprint density at radius 3 is 2.83 bits per heavy atom. The minimum atomic E-state index is 0.995. The van der Waals surface area contributed by atoms with Gasteiger partial charge in [0.25, 0.3) is 0 Å². The highest BCUT2D eigenvalue weighted by Crippen LogP contribution is 2.19. The summed E-state index contributed by atoms with van der Waals surface area (Å²) in [5.74, 6) is 2.01. The lowest BCUT2D eigenvalue weighted by atomic mass is 9.98. The second-order valence-electron chi connectivity index (χ2n) is 3.77. The van der Waals surface area contributed by atoms with Crippen LogP contribution in [0.15, 0.2) is 0 Å². The van der Waals surface area contributed by atoms with E-state index in [-0.39, 0.29) is 0 Å². The molecule has 0 N–H and O–H groups in total. The number of nitrogens with zero attached hydrogens (tertiary/aromatic N) is 1. The van der Waals surface area contributed by atoms with E-state index in [4.69, 9.17) is 0 Å². The molecule has 0 amide bonds. The summed E-state index contributed by atoms with van der Waals surface area (Å²) in [6.07, 6.45) is 5.62. The van der Waals surface area contributed by atoms with Crippen LogP contribution < -0.4 is 0 Å². The quantitative estimate of drug-likeness (QED) is 0.664. The van der Waals surface area contributed by atoms with E-state index in [9.17, 15) is 0 Å². The molecule has 1 saturated heterocycles. The molecule has 2 heteroatoms. The Hall–Kier alpha value is 0.310. The maximum atomic E-state index is 4.27. The predicted octanol–water partition coefficient (Wildman–Crippen LogP) is 2.43. The van der Waals surface area contributed by atoms with Gasteiger partial charge < -0.3 is 4.90 Å². The average Bonchev–Trinajstić information content (AvgIpc) is 2.31. The maximum Gasteiger partial charge on any atom is 0.00698 e. The van der Waals surface area contributed by atoms with Gasteiger partial charge in [-0.15, -0.1) is 0 Å². The van der Waals surface area contributed by atoms with Crippen LogP contribution in [-0.2, 0) is 0 Å². The van der Waals surface area contributed by atoms with Crippen molar-refractivity contribution in [2.75, 3.05) is 25.4 Å². The molecule has 72 valence electrons. The van der Waals surface area contributed by atoms with E-state index < -0.39 is 0 Å². The summed E-state index contributed by atoms with van der Waals surface area (Å²) in [6.45, 7) is 6.11. The minimum absolute atomic E-state index is 0.995. The zero-order chi connectivity index (χ0) is 8.81. The number of rotatable bonds is 3. The monoisotopic (exact) mass is 187 g/mol. The summed E-state index contributed by atoms with van der Waals surface area (Å²) >= 11 is 4.27. The van der Waals surface area contributed by atoms with Gasteiger partial charge in [0.2, 0.25) is 0 Å². The molecule has 0 spiro atoms. The molecule has 1 fully saturated rings. The van der Waals surface area contributed by atoms with Crippen molar-refractivity contribution >= 4 is 12.6 Å². The Kier molecular flexibility index (Phi) is 5.08. The molecule has 1 rings (SSSR count). The average molecular weight is 187 g/mol. The molecule has 1 nitrogen and oxygen atoms in total. The van der Waals surface area contributed by atoms with Gasteiger partial charge in [0.1, 0.15) is 0 Å². The number of thiol groups is 1. The SMILES string of the molecule is CCC1CCCN(CCS)CC1. The third-order valence-corrected chi connectivity index (χ3v) is 3.13. The lowest BCUT2D eigenvalue weighted by Gasteiger charge is -2.18. The zero-order valence-electron chi connectivity index (χ0n) is 8.13. The smallest absolute Gasteiger partial charge is 0.00698 e. The highest BCUT2D eigenvalue weighted by molar-refractivity contribution is 7.80. The van der Waals surface area contributed by atoms with Gasteiger partial charge in [-0.2, -0.15) is 12.6 Å². The Balaban J connectivity index is 2.24. The van der Waals surface area contributed by atoms with Gasteiger partial charge in [0.15, 0.2) is 0 Å². The van der Waals surface area contributed by atoms with Crippen LogP contribution in [-0.4, -0.2) is 30.3 Å². The zero-order valence-corrected chi connectivity index (χ0v) is 9.02. The summed E-state index contributed by atoms with van der Waals surface area (Å²) in [7, 11) is 0. The molecular formula is C10H21NS. The van der Waals surface area contributed by atoms with Crippen molar-refractivity contribution in [3.63, 3.8) is 0 Å². The molecule has 1 aliphatic rings. The van der Waals surface area contributed by atoms with Crippen LogP contribution in [0.4, 0.5) is 0 Å². The molecule has 12 heavy (non-hydrogen) atoms. The van der Waals surface area contributed by atoms with Crippen molar-refractivity contribution < 1.29 is 0 Å². The summed E-state index contributed by atoms with van der Waals surface area (Å²) in [5.41, 5.74) is 0. The Bertz CT molecular complexity index is 116. The van der Waals surface area contributed by atoms with E-state index in [2.05, 4.69) is 24.5 Å². The van der Waals surface area contributed by atoms with E-state index >= 15 is 0 Å². The largest absolute Gasteiger partial charge is 0.303 e. The van der Waals surface area contributed by atoms with Crippen LogP contribution >= 0.6 is 12.6 Å². The van der Waals surface area contributed by atoms with Gasteiger partial charge in [-0.1, -0.05) is 13.3 Å². The molecule has 0 aromatic carbocycles. The van der Waals surface area contributed by atoms with Gasteiger partial charge in [-0.05, 0) is 38.3 Å². The van der Waals surface area contributed by atoms with Crippen LogP contribution in [0, 0.1) is 5.92 Å². The first-order valence-corrected chi connectivity index (χ1v) is 5.83. The van der Waals surface area contributed by atoms with Crippen molar-refractivity contribution in [3.05, 3.63) is 0 Å². The van der Waals surface area contributed by atoms with Gasteiger partial charge in [-0.25, -0.2) is 0 Å². The van der Waals surface area contributed by atoms with Gasteiger partial charge in [0.05, 0.1) is 0 Å². The van der Waals surface area contributed by atoms with Gasteiger partial charge in [0, 0.05) is 12.3 Å². The fourth-order valence-corrected chi connectivity index (χ4v) is 2.28. The molecule has 0 bridgehead atoms. The molecule has 1 aliphatic heterocycles. The molecule has 0 radical (unpaired) electrons. The van der Waals surface area contributed by atoms with Crippen LogP contribution in [0.3, 0.4) is 0 Å². The number of hydrogen-bond donors (Lipinski definition) is 1. The van der Waals surface area contributed by atoms with Crippen molar-refractivity contribution in [1.82, 2.24) is 4.90 Å². The standard InChI is InChI=1S/C10H21NS/c1-2-10-4-3-6-11(7-5-10)8-9-12/h10,12H,2-9H2,1H3. The van der Waals surface area contributed by atoms with Crippen LogP contribution in [0.2, 0.25) is 0 Å². The van der Waals surface area contributed by atoms with E-state index in [1.807, 2.05) is 0 Å². The minimum Gasteiger partial charge on any atom is -0.303 e. The van der Waals surface area contributed by atoms with E-state index in [1.165, 1.54) is 45.3 Å².